The number of hydrogen-bond acceptors (Lipinski definition) is 4. The van der Waals surface area contributed by atoms with Crippen molar-refractivity contribution in [1.29, 1.82) is 0 Å². The van der Waals surface area contributed by atoms with Crippen LogP contribution < -0.4 is 5.32 Å². The van der Waals surface area contributed by atoms with Gasteiger partial charge < -0.3 is 10.1 Å². The third kappa shape index (κ3) is 3.50. The molecule has 2 rings (SSSR count). The second-order valence-corrected chi connectivity index (χ2v) is 5.00. The summed E-state index contributed by atoms with van der Waals surface area (Å²) in [7, 11) is 0. The van der Waals surface area contributed by atoms with Crippen LogP contribution in [0.25, 0.3) is 0 Å². The summed E-state index contributed by atoms with van der Waals surface area (Å²) in [4.78, 5) is 8.98. The molecule has 0 aliphatic carbocycles. The summed E-state index contributed by atoms with van der Waals surface area (Å²) in [6, 6.07) is 0.273. The van der Waals surface area contributed by atoms with Crippen LogP contribution in [0, 0.1) is 12.8 Å². The maximum atomic E-state index is 5.44. The van der Waals surface area contributed by atoms with Crippen LogP contribution >= 0.6 is 0 Å². The highest BCUT2D eigenvalue weighted by atomic mass is 16.5. The monoisotopic (exact) mass is 249 g/mol. The van der Waals surface area contributed by atoms with Crippen molar-refractivity contribution in [1.82, 2.24) is 15.3 Å². The summed E-state index contributed by atoms with van der Waals surface area (Å²) < 4.78 is 5.44. The van der Waals surface area contributed by atoms with E-state index in [-0.39, 0.29) is 6.04 Å². The molecule has 1 atom stereocenters. The van der Waals surface area contributed by atoms with Crippen LogP contribution in [0.5, 0.6) is 0 Å². The van der Waals surface area contributed by atoms with Gasteiger partial charge in [-0.3, -0.25) is 0 Å². The Hall–Kier alpha value is -1.00. The smallest absolute Gasteiger partial charge is 0.145 e. The van der Waals surface area contributed by atoms with E-state index in [0.29, 0.717) is 5.92 Å². The Bertz CT molecular complexity index is 347. The molecular weight excluding hydrogens is 226 g/mol. The molecule has 0 aromatic carbocycles. The third-order valence-corrected chi connectivity index (χ3v) is 3.43. The van der Waals surface area contributed by atoms with Crippen molar-refractivity contribution in [3.8, 4) is 0 Å². The van der Waals surface area contributed by atoms with E-state index in [1.807, 2.05) is 19.3 Å². The summed E-state index contributed by atoms with van der Waals surface area (Å²) in [6.07, 6.45) is 7.13. The topological polar surface area (TPSA) is 47.0 Å². The Morgan fingerprint density at radius 1 is 1.33 bits per heavy atom. The summed E-state index contributed by atoms with van der Waals surface area (Å²) in [5, 5.41) is 3.59. The second-order valence-electron chi connectivity index (χ2n) is 5.00. The molecule has 1 aromatic rings. The predicted molar refractivity (Wildman–Crippen MR) is 71.3 cm³/mol. The van der Waals surface area contributed by atoms with Gasteiger partial charge >= 0.3 is 0 Å². The van der Waals surface area contributed by atoms with Crippen LogP contribution in [0.15, 0.2) is 12.4 Å². The van der Waals surface area contributed by atoms with Crippen molar-refractivity contribution in [3.05, 3.63) is 23.8 Å². The lowest BCUT2D eigenvalue weighted by Gasteiger charge is -2.30. The summed E-state index contributed by atoms with van der Waals surface area (Å²) >= 11 is 0. The molecule has 0 saturated carbocycles. The van der Waals surface area contributed by atoms with Gasteiger partial charge in [-0.15, -0.1) is 0 Å². The van der Waals surface area contributed by atoms with Crippen molar-refractivity contribution < 1.29 is 4.74 Å². The standard InChI is InChI=1S/C14H23N3O/c1-3-6-15-13(12-4-7-18-8-5-12)14-16-9-11(2)10-17-14/h9-10,12-13,15H,3-8H2,1-2H3. The fourth-order valence-electron chi connectivity index (χ4n) is 2.38. The molecule has 0 radical (unpaired) electrons. The van der Waals surface area contributed by atoms with Crippen LogP contribution in [-0.2, 0) is 4.74 Å². The molecule has 1 aliphatic heterocycles. The number of aryl methyl sites for hydroxylation is 1. The maximum Gasteiger partial charge on any atom is 0.145 e. The zero-order valence-corrected chi connectivity index (χ0v) is 11.4. The predicted octanol–water partition coefficient (Wildman–Crippen LogP) is 2.25. The van der Waals surface area contributed by atoms with Crippen LogP contribution in [-0.4, -0.2) is 29.7 Å². The van der Waals surface area contributed by atoms with E-state index in [1.54, 1.807) is 0 Å². The van der Waals surface area contributed by atoms with Gasteiger partial charge in [-0.2, -0.15) is 0 Å². The third-order valence-electron chi connectivity index (χ3n) is 3.43. The molecule has 1 fully saturated rings. The molecule has 0 spiro atoms. The van der Waals surface area contributed by atoms with Crippen LogP contribution in [0.3, 0.4) is 0 Å². The first kappa shape index (κ1) is 13.4. The van der Waals surface area contributed by atoms with E-state index >= 15 is 0 Å². The fraction of sp³-hybridized carbons (Fsp3) is 0.714. The van der Waals surface area contributed by atoms with Gasteiger partial charge in [0.05, 0.1) is 6.04 Å². The zero-order valence-electron chi connectivity index (χ0n) is 11.4. The normalized spacial score (nSPS) is 18.8. The lowest BCUT2D eigenvalue weighted by atomic mass is 9.91. The molecule has 4 heteroatoms. The quantitative estimate of drug-likeness (QED) is 0.869. The van der Waals surface area contributed by atoms with Crippen molar-refractivity contribution in [2.45, 2.75) is 39.2 Å². The van der Waals surface area contributed by atoms with Gasteiger partial charge in [0, 0.05) is 25.6 Å². The molecular formula is C14H23N3O. The number of ether oxygens (including phenoxy) is 1. The minimum Gasteiger partial charge on any atom is -0.381 e. The van der Waals surface area contributed by atoms with Gasteiger partial charge in [0.1, 0.15) is 5.82 Å². The molecule has 1 N–H and O–H groups in total. The Morgan fingerprint density at radius 2 is 2.00 bits per heavy atom. The lowest BCUT2D eigenvalue weighted by molar-refractivity contribution is 0.0525. The van der Waals surface area contributed by atoms with Gasteiger partial charge in [0.25, 0.3) is 0 Å². The first-order valence-electron chi connectivity index (χ1n) is 6.91. The van der Waals surface area contributed by atoms with Crippen molar-refractivity contribution in [2.24, 2.45) is 5.92 Å². The van der Waals surface area contributed by atoms with E-state index in [1.165, 1.54) is 0 Å². The molecule has 1 saturated heterocycles. The summed E-state index contributed by atoms with van der Waals surface area (Å²) in [6.45, 7) is 6.94. The first-order chi connectivity index (χ1) is 8.81. The average molecular weight is 249 g/mol. The van der Waals surface area contributed by atoms with Gasteiger partial charge in [0.2, 0.25) is 0 Å². The van der Waals surface area contributed by atoms with E-state index in [4.69, 9.17) is 4.74 Å². The molecule has 0 amide bonds. The summed E-state index contributed by atoms with van der Waals surface area (Å²) in [5.74, 6) is 1.52. The van der Waals surface area contributed by atoms with Crippen LogP contribution in [0.4, 0.5) is 0 Å². The van der Waals surface area contributed by atoms with E-state index in [2.05, 4.69) is 22.2 Å². The second kappa shape index (κ2) is 6.81. The molecule has 100 valence electrons. The van der Waals surface area contributed by atoms with Crippen LogP contribution in [0.2, 0.25) is 0 Å². The van der Waals surface area contributed by atoms with Gasteiger partial charge in [-0.1, -0.05) is 6.92 Å². The van der Waals surface area contributed by atoms with Crippen molar-refractivity contribution in [2.75, 3.05) is 19.8 Å². The molecule has 18 heavy (non-hydrogen) atoms. The van der Waals surface area contributed by atoms with Crippen molar-refractivity contribution >= 4 is 0 Å². The van der Waals surface area contributed by atoms with E-state index in [9.17, 15) is 0 Å². The minimum absolute atomic E-state index is 0.273. The Morgan fingerprint density at radius 3 is 2.61 bits per heavy atom. The molecule has 4 nitrogen and oxygen atoms in total. The molecule has 0 bridgehead atoms. The number of aromatic nitrogens is 2. The number of nitrogens with zero attached hydrogens (tertiary/aromatic N) is 2. The Labute approximate surface area is 109 Å². The Balaban J connectivity index is 2.10. The highest BCUT2D eigenvalue weighted by molar-refractivity contribution is 5.06. The Kier molecular flexibility index (Phi) is 5.08. The SMILES string of the molecule is CCCNC(c1ncc(C)cn1)C1CCOCC1. The molecule has 2 heterocycles. The summed E-state index contributed by atoms with van der Waals surface area (Å²) in [5.41, 5.74) is 1.11. The number of hydrogen-bond donors (Lipinski definition) is 1. The highest BCUT2D eigenvalue weighted by Crippen LogP contribution is 2.28. The van der Waals surface area contributed by atoms with Crippen molar-refractivity contribution in [3.63, 3.8) is 0 Å². The molecule has 1 unspecified atom stereocenters. The first-order valence-corrected chi connectivity index (χ1v) is 6.91. The van der Waals surface area contributed by atoms with Gasteiger partial charge in [-0.05, 0) is 44.2 Å². The van der Waals surface area contributed by atoms with Gasteiger partial charge in [-0.25, -0.2) is 9.97 Å². The maximum absolute atomic E-state index is 5.44. The fourth-order valence-corrected chi connectivity index (χ4v) is 2.38. The van der Waals surface area contributed by atoms with Gasteiger partial charge in [0.15, 0.2) is 0 Å². The highest BCUT2D eigenvalue weighted by Gasteiger charge is 2.26. The minimum atomic E-state index is 0.273. The number of nitrogens with one attached hydrogen (secondary N) is 1. The van der Waals surface area contributed by atoms with E-state index in [0.717, 1.165) is 50.4 Å². The zero-order chi connectivity index (χ0) is 12.8. The largest absolute Gasteiger partial charge is 0.381 e. The molecule has 1 aromatic heterocycles. The number of rotatable bonds is 5. The molecule has 1 aliphatic rings. The lowest BCUT2D eigenvalue weighted by Crippen LogP contribution is -2.33. The van der Waals surface area contributed by atoms with Crippen LogP contribution in [0.1, 0.15) is 43.6 Å². The average Bonchev–Trinajstić information content (AvgIpc) is 2.42. The van der Waals surface area contributed by atoms with E-state index < -0.39 is 0 Å².